The number of fused-ring (bicyclic) bond motifs is 1. The molecule has 1 aliphatic rings. The van der Waals surface area contributed by atoms with Gasteiger partial charge < -0.3 is 14.6 Å². The highest BCUT2D eigenvalue weighted by atomic mass is 16.5. The van der Waals surface area contributed by atoms with Crippen LogP contribution in [-0.4, -0.2) is 46.4 Å². The van der Waals surface area contributed by atoms with Crippen molar-refractivity contribution in [3.63, 3.8) is 0 Å². The predicted molar refractivity (Wildman–Crippen MR) is 107 cm³/mol. The van der Waals surface area contributed by atoms with Gasteiger partial charge in [-0.3, -0.25) is 4.79 Å². The van der Waals surface area contributed by atoms with Crippen LogP contribution in [0.4, 0.5) is 0 Å². The normalized spacial score (nSPS) is 16.9. The molecule has 4 rings (SSSR count). The minimum Gasteiger partial charge on any atom is -0.452 e. The highest BCUT2D eigenvalue weighted by molar-refractivity contribution is 5.95. The Labute approximate surface area is 163 Å². The number of hydrogen-bond donors (Lipinski definition) is 1. The van der Waals surface area contributed by atoms with Gasteiger partial charge in [0.2, 0.25) is 0 Å². The van der Waals surface area contributed by atoms with E-state index in [0.717, 1.165) is 48.4 Å². The summed E-state index contributed by atoms with van der Waals surface area (Å²) in [5.74, 6) is 0.607. The molecule has 1 aromatic heterocycles. The van der Waals surface area contributed by atoms with Crippen molar-refractivity contribution >= 4 is 22.9 Å². The molecule has 6 nitrogen and oxygen atoms in total. The van der Waals surface area contributed by atoms with E-state index in [0.29, 0.717) is 11.5 Å². The third kappa shape index (κ3) is 3.91. The first-order chi connectivity index (χ1) is 13.6. The van der Waals surface area contributed by atoms with Crippen LogP contribution in [0, 0.1) is 5.92 Å². The van der Waals surface area contributed by atoms with Crippen molar-refractivity contribution < 1.29 is 14.3 Å². The van der Waals surface area contributed by atoms with Crippen molar-refractivity contribution in [3.05, 3.63) is 54.1 Å². The van der Waals surface area contributed by atoms with Crippen LogP contribution in [-0.2, 0) is 9.53 Å². The number of hydrogen-bond acceptors (Lipinski definition) is 4. The van der Waals surface area contributed by atoms with Gasteiger partial charge in [0, 0.05) is 18.7 Å². The molecule has 1 saturated heterocycles. The van der Waals surface area contributed by atoms with Crippen LogP contribution in [0.2, 0.25) is 0 Å². The second-order valence-electron chi connectivity index (χ2n) is 7.35. The van der Waals surface area contributed by atoms with E-state index in [9.17, 15) is 9.59 Å². The monoisotopic (exact) mass is 377 g/mol. The number of rotatable bonds is 4. The fourth-order valence-corrected chi connectivity index (χ4v) is 3.59. The van der Waals surface area contributed by atoms with Gasteiger partial charge in [0.25, 0.3) is 5.91 Å². The molecule has 0 bridgehead atoms. The second-order valence-corrected chi connectivity index (χ2v) is 7.35. The zero-order valence-electron chi connectivity index (χ0n) is 15.9. The molecule has 0 aliphatic carbocycles. The summed E-state index contributed by atoms with van der Waals surface area (Å²) >= 11 is 0. The van der Waals surface area contributed by atoms with E-state index in [-0.39, 0.29) is 12.5 Å². The van der Waals surface area contributed by atoms with Crippen molar-refractivity contribution in [2.45, 2.75) is 19.8 Å². The van der Waals surface area contributed by atoms with E-state index in [2.05, 4.69) is 16.9 Å². The fourth-order valence-electron chi connectivity index (χ4n) is 3.59. The summed E-state index contributed by atoms with van der Waals surface area (Å²) in [6.45, 7) is 3.39. The predicted octanol–water partition coefficient (Wildman–Crippen LogP) is 3.65. The number of nitrogens with zero attached hydrogens (tertiary/aromatic N) is 2. The Balaban J connectivity index is 1.43. The van der Waals surface area contributed by atoms with Gasteiger partial charge >= 0.3 is 5.97 Å². The highest BCUT2D eigenvalue weighted by Gasteiger charge is 2.22. The summed E-state index contributed by atoms with van der Waals surface area (Å²) in [6.07, 6.45) is 2.14. The van der Waals surface area contributed by atoms with Gasteiger partial charge in [-0.15, -0.1) is 0 Å². The lowest BCUT2D eigenvalue weighted by atomic mass is 10.0. The lowest BCUT2D eigenvalue weighted by Crippen LogP contribution is -2.41. The fraction of sp³-hybridized carbons (Fsp3) is 0.318. The number of nitrogens with one attached hydrogen (secondary N) is 1. The highest BCUT2D eigenvalue weighted by Crippen LogP contribution is 2.21. The number of likely N-dealkylation sites (tertiary alicyclic amines) is 1. The van der Waals surface area contributed by atoms with Crippen LogP contribution in [0.15, 0.2) is 48.5 Å². The SMILES string of the molecule is CC1CCCN(C(=O)COC(=O)c2ccc3nc(-c4ccccc4)[nH]c3c2)C1. The Bertz CT molecular complexity index is 997. The Morgan fingerprint density at radius 1 is 1.21 bits per heavy atom. The van der Waals surface area contributed by atoms with Crippen LogP contribution in [0.5, 0.6) is 0 Å². The average molecular weight is 377 g/mol. The van der Waals surface area contributed by atoms with Gasteiger partial charge in [-0.25, -0.2) is 9.78 Å². The molecule has 144 valence electrons. The van der Waals surface area contributed by atoms with Crippen molar-refractivity contribution in [2.24, 2.45) is 5.92 Å². The van der Waals surface area contributed by atoms with E-state index >= 15 is 0 Å². The first-order valence-electron chi connectivity index (χ1n) is 9.60. The average Bonchev–Trinajstić information content (AvgIpc) is 3.16. The molecule has 28 heavy (non-hydrogen) atoms. The number of ether oxygens (including phenoxy) is 1. The molecular formula is C22H23N3O3. The number of piperidine rings is 1. The van der Waals surface area contributed by atoms with Gasteiger partial charge in [-0.05, 0) is 37.0 Å². The minimum atomic E-state index is -0.504. The molecule has 1 aliphatic heterocycles. The smallest absolute Gasteiger partial charge is 0.338 e. The van der Waals surface area contributed by atoms with Crippen LogP contribution >= 0.6 is 0 Å². The third-order valence-corrected chi connectivity index (χ3v) is 5.10. The van der Waals surface area contributed by atoms with Crippen LogP contribution in [0.1, 0.15) is 30.1 Å². The molecule has 1 atom stereocenters. The van der Waals surface area contributed by atoms with E-state index in [1.165, 1.54) is 0 Å². The second kappa shape index (κ2) is 7.84. The zero-order chi connectivity index (χ0) is 19.5. The topological polar surface area (TPSA) is 75.3 Å². The molecular weight excluding hydrogens is 354 g/mol. The molecule has 0 radical (unpaired) electrons. The van der Waals surface area contributed by atoms with Gasteiger partial charge in [-0.1, -0.05) is 37.3 Å². The van der Waals surface area contributed by atoms with Gasteiger partial charge in [0.05, 0.1) is 16.6 Å². The molecule has 0 spiro atoms. The Kier molecular flexibility index (Phi) is 5.10. The summed E-state index contributed by atoms with van der Waals surface area (Å²) < 4.78 is 5.25. The lowest BCUT2D eigenvalue weighted by Gasteiger charge is -2.30. The Morgan fingerprint density at radius 2 is 2.04 bits per heavy atom. The number of carbonyl (C=O) groups excluding carboxylic acids is 2. The number of aromatic nitrogens is 2. The summed E-state index contributed by atoms with van der Waals surface area (Å²) in [7, 11) is 0. The molecule has 2 aromatic carbocycles. The van der Waals surface area contributed by atoms with E-state index in [1.54, 1.807) is 23.1 Å². The number of H-pyrrole nitrogens is 1. The Morgan fingerprint density at radius 3 is 2.82 bits per heavy atom. The van der Waals surface area contributed by atoms with Crippen molar-refractivity contribution in [1.29, 1.82) is 0 Å². The first kappa shape index (κ1) is 18.2. The minimum absolute atomic E-state index is 0.131. The Hall–Kier alpha value is -3.15. The third-order valence-electron chi connectivity index (χ3n) is 5.10. The molecule has 1 unspecified atom stereocenters. The van der Waals surface area contributed by atoms with Crippen molar-refractivity contribution in [2.75, 3.05) is 19.7 Å². The lowest BCUT2D eigenvalue weighted by molar-refractivity contribution is -0.136. The molecule has 2 heterocycles. The summed E-state index contributed by atoms with van der Waals surface area (Å²) in [4.78, 5) is 34.2. The van der Waals surface area contributed by atoms with Crippen molar-refractivity contribution in [1.82, 2.24) is 14.9 Å². The molecule has 0 saturated carbocycles. The first-order valence-corrected chi connectivity index (χ1v) is 9.60. The van der Waals surface area contributed by atoms with Crippen molar-refractivity contribution in [3.8, 4) is 11.4 Å². The zero-order valence-corrected chi connectivity index (χ0v) is 15.9. The maximum Gasteiger partial charge on any atom is 0.338 e. The quantitative estimate of drug-likeness (QED) is 0.704. The number of amides is 1. The van der Waals surface area contributed by atoms with E-state index in [4.69, 9.17) is 4.74 Å². The van der Waals surface area contributed by atoms with E-state index in [1.807, 2.05) is 30.3 Å². The van der Waals surface area contributed by atoms with Crippen LogP contribution in [0.3, 0.4) is 0 Å². The molecule has 6 heteroatoms. The van der Waals surface area contributed by atoms with E-state index < -0.39 is 5.97 Å². The molecule has 1 amide bonds. The standard InChI is InChI=1S/C22H23N3O3/c1-15-6-5-11-25(13-15)20(26)14-28-22(27)17-9-10-18-19(12-17)24-21(23-18)16-7-3-2-4-8-16/h2-4,7-10,12,15H,5-6,11,13-14H2,1H3,(H,23,24). The number of benzene rings is 2. The number of aromatic amines is 1. The number of imidazole rings is 1. The molecule has 1 N–H and O–H groups in total. The largest absolute Gasteiger partial charge is 0.452 e. The summed E-state index contributed by atoms with van der Waals surface area (Å²) in [5, 5.41) is 0. The van der Waals surface area contributed by atoms with Gasteiger partial charge in [0.1, 0.15) is 5.82 Å². The van der Waals surface area contributed by atoms with Gasteiger partial charge in [0.15, 0.2) is 6.61 Å². The molecule has 3 aromatic rings. The summed E-state index contributed by atoms with van der Waals surface area (Å²) in [5.41, 5.74) is 2.90. The maximum atomic E-state index is 12.4. The summed E-state index contributed by atoms with van der Waals surface area (Å²) in [6, 6.07) is 15.0. The van der Waals surface area contributed by atoms with Crippen LogP contribution in [0.25, 0.3) is 22.4 Å². The maximum absolute atomic E-state index is 12.4. The van der Waals surface area contributed by atoms with Gasteiger partial charge in [-0.2, -0.15) is 0 Å². The number of esters is 1. The molecule has 1 fully saturated rings. The number of carbonyl (C=O) groups is 2. The van der Waals surface area contributed by atoms with Crippen LogP contribution < -0.4 is 0 Å².